The molecule has 16 heavy (non-hydrogen) atoms. The van der Waals surface area contributed by atoms with Crippen molar-refractivity contribution < 1.29 is 0 Å². The molecule has 0 atom stereocenters. The lowest BCUT2D eigenvalue weighted by atomic mass is 9.49. The summed E-state index contributed by atoms with van der Waals surface area (Å²) in [6.07, 6.45) is 10.5. The minimum absolute atomic E-state index is 0.403. The molecule has 0 spiro atoms. The van der Waals surface area contributed by atoms with E-state index in [0.29, 0.717) is 5.41 Å². The van der Waals surface area contributed by atoms with Crippen molar-refractivity contribution >= 4 is 0 Å². The number of rotatable bonds is 1. The first-order chi connectivity index (χ1) is 7.75. The maximum absolute atomic E-state index is 4.42. The minimum atomic E-state index is 0.403. The van der Waals surface area contributed by atoms with Gasteiger partial charge in [0.05, 0.1) is 0 Å². The Morgan fingerprint density at radius 2 is 1.69 bits per heavy atom. The highest BCUT2D eigenvalue weighted by atomic mass is 15.3. The van der Waals surface area contributed by atoms with Gasteiger partial charge in [0.1, 0.15) is 12.2 Å². The summed E-state index contributed by atoms with van der Waals surface area (Å²) < 4.78 is 2.16. The second kappa shape index (κ2) is 2.88. The number of hydrogen-bond acceptors (Lipinski definition) is 2. The van der Waals surface area contributed by atoms with E-state index in [1.54, 1.807) is 0 Å². The highest BCUT2D eigenvalue weighted by Crippen LogP contribution is 2.60. The van der Waals surface area contributed by atoms with Crippen LogP contribution in [0, 0.1) is 17.8 Å². The van der Waals surface area contributed by atoms with Gasteiger partial charge in [-0.15, -0.1) is 10.2 Å². The van der Waals surface area contributed by atoms with Crippen LogP contribution in [0.2, 0.25) is 0 Å². The Labute approximate surface area is 96.3 Å². The lowest BCUT2D eigenvalue weighted by Crippen LogP contribution is -2.49. The fourth-order valence-corrected chi connectivity index (χ4v) is 5.15. The summed E-state index contributed by atoms with van der Waals surface area (Å²) in [5.41, 5.74) is 0.403. The Hall–Kier alpha value is -0.860. The van der Waals surface area contributed by atoms with Crippen LogP contribution in [0.25, 0.3) is 0 Å². The van der Waals surface area contributed by atoms with Crippen LogP contribution in [0.3, 0.4) is 0 Å². The normalized spacial score (nSPS) is 45.2. The van der Waals surface area contributed by atoms with E-state index in [-0.39, 0.29) is 0 Å². The van der Waals surface area contributed by atoms with Crippen LogP contribution in [-0.2, 0) is 12.5 Å². The highest BCUT2D eigenvalue weighted by molar-refractivity contribution is 5.16. The first kappa shape index (κ1) is 9.20. The molecule has 4 bridgehead atoms. The third-order valence-electron chi connectivity index (χ3n) is 5.22. The third kappa shape index (κ3) is 1.09. The molecule has 0 radical (unpaired) electrons. The summed E-state index contributed by atoms with van der Waals surface area (Å²) in [5, 5.41) is 8.51. The Bertz CT molecular complexity index is 385. The van der Waals surface area contributed by atoms with Gasteiger partial charge in [-0.05, 0) is 56.3 Å². The standard InChI is InChI=1S/C13H19N3/c1-16-8-14-15-12(16)13-5-9-2-10(6-13)4-11(3-9)7-13/h8-11H,2-7H2,1H3. The summed E-state index contributed by atoms with van der Waals surface area (Å²) in [7, 11) is 2.11. The molecule has 0 aliphatic heterocycles. The van der Waals surface area contributed by atoms with Gasteiger partial charge in [-0.2, -0.15) is 0 Å². The van der Waals surface area contributed by atoms with Crippen molar-refractivity contribution in [3.8, 4) is 0 Å². The minimum Gasteiger partial charge on any atom is -0.320 e. The molecule has 0 amide bonds. The summed E-state index contributed by atoms with van der Waals surface area (Å²) >= 11 is 0. The van der Waals surface area contributed by atoms with Gasteiger partial charge in [0.2, 0.25) is 0 Å². The summed E-state index contributed by atoms with van der Waals surface area (Å²) in [6.45, 7) is 0. The molecule has 5 rings (SSSR count). The van der Waals surface area contributed by atoms with Gasteiger partial charge in [-0.3, -0.25) is 0 Å². The molecule has 0 N–H and O–H groups in total. The van der Waals surface area contributed by atoms with Crippen LogP contribution < -0.4 is 0 Å². The van der Waals surface area contributed by atoms with Crippen LogP contribution in [0.5, 0.6) is 0 Å². The predicted molar refractivity (Wildman–Crippen MR) is 60.9 cm³/mol. The molecule has 3 heteroatoms. The molecule has 86 valence electrons. The lowest BCUT2D eigenvalue weighted by Gasteiger charge is -2.56. The monoisotopic (exact) mass is 217 g/mol. The van der Waals surface area contributed by atoms with Crippen molar-refractivity contribution in [2.24, 2.45) is 24.8 Å². The summed E-state index contributed by atoms with van der Waals surface area (Å²) in [6, 6.07) is 0. The lowest BCUT2D eigenvalue weighted by molar-refractivity contribution is -0.0107. The number of hydrogen-bond donors (Lipinski definition) is 0. The maximum atomic E-state index is 4.42. The second-order valence-corrected chi connectivity index (χ2v) is 6.46. The van der Waals surface area contributed by atoms with E-state index in [1.165, 1.54) is 44.3 Å². The van der Waals surface area contributed by atoms with Crippen LogP contribution >= 0.6 is 0 Å². The SMILES string of the molecule is Cn1cnnc1C12CC3CC(CC(C3)C1)C2. The number of nitrogens with zero attached hydrogens (tertiary/aromatic N) is 3. The molecular formula is C13H19N3. The Balaban J connectivity index is 1.79. The highest BCUT2D eigenvalue weighted by Gasteiger charge is 2.53. The van der Waals surface area contributed by atoms with Crippen molar-refractivity contribution in [3.63, 3.8) is 0 Å². The van der Waals surface area contributed by atoms with Crippen molar-refractivity contribution in [3.05, 3.63) is 12.2 Å². The first-order valence-corrected chi connectivity index (χ1v) is 6.60. The second-order valence-electron chi connectivity index (χ2n) is 6.46. The average Bonchev–Trinajstić information content (AvgIpc) is 2.62. The van der Waals surface area contributed by atoms with Crippen molar-refractivity contribution in [2.75, 3.05) is 0 Å². The van der Waals surface area contributed by atoms with Crippen LogP contribution in [0.1, 0.15) is 44.3 Å². The molecule has 4 aliphatic carbocycles. The molecule has 0 aromatic carbocycles. The Kier molecular flexibility index (Phi) is 1.65. The van der Waals surface area contributed by atoms with Crippen LogP contribution in [0.15, 0.2) is 6.33 Å². The van der Waals surface area contributed by atoms with Crippen molar-refractivity contribution in [1.82, 2.24) is 14.8 Å². The quantitative estimate of drug-likeness (QED) is 0.722. The maximum Gasteiger partial charge on any atom is 0.138 e. The fourth-order valence-electron chi connectivity index (χ4n) is 5.15. The van der Waals surface area contributed by atoms with Gasteiger partial charge >= 0.3 is 0 Å². The zero-order chi connectivity index (χ0) is 10.8. The molecule has 0 saturated heterocycles. The molecule has 3 nitrogen and oxygen atoms in total. The smallest absolute Gasteiger partial charge is 0.138 e. The fraction of sp³-hybridized carbons (Fsp3) is 0.846. The van der Waals surface area contributed by atoms with E-state index in [1.807, 2.05) is 6.33 Å². The molecule has 1 aromatic rings. The summed E-state index contributed by atoms with van der Waals surface area (Å²) in [5.74, 6) is 4.24. The van der Waals surface area contributed by atoms with E-state index in [4.69, 9.17) is 0 Å². The molecule has 0 unspecified atom stereocenters. The number of aromatic nitrogens is 3. The zero-order valence-electron chi connectivity index (χ0n) is 9.89. The van der Waals surface area contributed by atoms with Gasteiger partial charge in [-0.1, -0.05) is 0 Å². The van der Waals surface area contributed by atoms with Crippen LogP contribution in [-0.4, -0.2) is 14.8 Å². The third-order valence-corrected chi connectivity index (χ3v) is 5.22. The van der Waals surface area contributed by atoms with E-state index in [9.17, 15) is 0 Å². The van der Waals surface area contributed by atoms with Crippen LogP contribution in [0.4, 0.5) is 0 Å². The predicted octanol–water partition coefficient (Wildman–Crippen LogP) is 2.28. The molecule has 1 heterocycles. The molecule has 4 saturated carbocycles. The van der Waals surface area contributed by atoms with Gasteiger partial charge in [0, 0.05) is 12.5 Å². The Morgan fingerprint density at radius 3 is 2.12 bits per heavy atom. The topological polar surface area (TPSA) is 30.7 Å². The van der Waals surface area contributed by atoms with E-state index in [2.05, 4.69) is 21.8 Å². The molecule has 4 fully saturated rings. The zero-order valence-corrected chi connectivity index (χ0v) is 9.89. The summed E-state index contributed by atoms with van der Waals surface area (Å²) in [4.78, 5) is 0. The van der Waals surface area contributed by atoms with Crippen molar-refractivity contribution in [1.29, 1.82) is 0 Å². The van der Waals surface area contributed by atoms with Crippen molar-refractivity contribution in [2.45, 2.75) is 43.9 Å². The molecule has 1 aromatic heterocycles. The largest absolute Gasteiger partial charge is 0.320 e. The molecule has 4 aliphatic rings. The van der Waals surface area contributed by atoms with E-state index >= 15 is 0 Å². The number of aryl methyl sites for hydroxylation is 1. The first-order valence-electron chi connectivity index (χ1n) is 6.60. The van der Waals surface area contributed by atoms with Gasteiger partial charge in [0.25, 0.3) is 0 Å². The van der Waals surface area contributed by atoms with Gasteiger partial charge in [-0.25, -0.2) is 0 Å². The van der Waals surface area contributed by atoms with E-state index in [0.717, 1.165) is 17.8 Å². The van der Waals surface area contributed by atoms with Gasteiger partial charge < -0.3 is 4.57 Å². The average molecular weight is 217 g/mol. The molecular weight excluding hydrogens is 198 g/mol. The van der Waals surface area contributed by atoms with Gasteiger partial charge in [0.15, 0.2) is 0 Å². The van der Waals surface area contributed by atoms with E-state index < -0.39 is 0 Å². The Morgan fingerprint density at radius 1 is 1.12 bits per heavy atom.